The minimum atomic E-state index is -1.23. The standard InChI is InChI=1S/C15H14O4.H3NP2/c1-15(14(18)19,10-2-6-12(16)7-3-10)11-4-8-13(17)9-5-11;2-1-3/h2-6,8H,7,9H2,1H3,(H,18,19);2H,3H2. The molecule has 22 heavy (non-hydrogen) atoms. The van der Waals surface area contributed by atoms with Crippen LogP contribution in [0, 0.1) is 5.41 Å². The largest absolute Gasteiger partial charge is 0.480 e. The highest BCUT2D eigenvalue weighted by Crippen LogP contribution is 2.39. The Labute approximate surface area is 133 Å². The topological polar surface area (TPSA) is 83.8 Å². The van der Waals surface area contributed by atoms with Crippen LogP contribution in [0.4, 0.5) is 0 Å². The second kappa shape index (κ2) is 8.07. The van der Waals surface area contributed by atoms with Gasteiger partial charge in [0.1, 0.15) is 5.41 Å². The van der Waals surface area contributed by atoms with Gasteiger partial charge in [0.15, 0.2) is 11.6 Å². The van der Waals surface area contributed by atoms with E-state index < -0.39 is 11.4 Å². The summed E-state index contributed by atoms with van der Waals surface area (Å²) in [6.07, 6.45) is 9.60. The molecule has 0 aromatic heterocycles. The zero-order valence-corrected chi connectivity index (χ0v) is 14.2. The first-order valence-corrected chi connectivity index (χ1v) is 7.45. The maximum Gasteiger partial charge on any atom is 0.318 e. The number of rotatable bonds is 3. The predicted octanol–water partition coefficient (Wildman–Crippen LogP) is 3.09. The van der Waals surface area contributed by atoms with Crippen LogP contribution in [0.1, 0.15) is 19.8 Å². The van der Waals surface area contributed by atoms with Crippen molar-refractivity contribution < 1.29 is 19.5 Å². The summed E-state index contributed by atoms with van der Waals surface area (Å²) in [6, 6.07) is 0. The van der Waals surface area contributed by atoms with Crippen LogP contribution in [0.15, 0.2) is 52.1 Å². The fourth-order valence-electron chi connectivity index (χ4n) is 2.21. The Morgan fingerprint density at radius 1 is 1.14 bits per heavy atom. The Balaban J connectivity index is 0.000000745. The number of hydrogen-bond donors (Lipinski definition) is 1. The van der Waals surface area contributed by atoms with E-state index in [0.717, 1.165) is 0 Å². The van der Waals surface area contributed by atoms with Gasteiger partial charge >= 0.3 is 5.97 Å². The number of carboxylic acid groups (broad SMARTS) is 1. The number of carbonyl (C=O) groups excluding carboxylic acids is 2. The van der Waals surface area contributed by atoms with Crippen LogP contribution in [-0.4, -0.2) is 22.6 Å². The van der Waals surface area contributed by atoms with Gasteiger partial charge in [0.25, 0.3) is 0 Å². The summed E-state index contributed by atoms with van der Waals surface area (Å²) in [4.78, 5) is 34.0. The molecule has 2 rings (SSSR count). The molecule has 0 saturated carbocycles. The Kier molecular flexibility index (Phi) is 6.73. The minimum Gasteiger partial charge on any atom is -0.480 e. The molecule has 0 amide bonds. The van der Waals surface area contributed by atoms with Crippen LogP contribution in [0.2, 0.25) is 0 Å². The van der Waals surface area contributed by atoms with Gasteiger partial charge in [0.05, 0.1) is 0 Å². The zero-order chi connectivity index (χ0) is 16.8. The average Bonchev–Trinajstić information content (AvgIpc) is 2.48. The van der Waals surface area contributed by atoms with Crippen LogP contribution >= 0.6 is 18.4 Å². The van der Waals surface area contributed by atoms with Crippen molar-refractivity contribution in [1.29, 1.82) is 0 Å². The highest BCUT2D eigenvalue weighted by Gasteiger charge is 2.40. The van der Waals surface area contributed by atoms with Gasteiger partial charge in [0.2, 0.25) is 0 Å². The third-order valence-corrected chi connectivity index (χ3v) is 3.53. The van der Waals surface area contributed by atoms with Crippen molar-refractivity contribution in [3.05, 3.63) is 47.6 Å². The molecule has 2 aliphatic rings. The molecule has 0 heterocycles. The lowest BCUT2D eigenvalue weighted by molar-refractivity contribution is -0.143. The summed E-state index contributed by atoms with van der Waals surface area (Å²) in [5, 5.41) is 9.55. The molecule has 0 fully saturated rings. The maximum atomic E-state index is 11.7. The summed E-state index contributed by atoms with van der Waals surface area (Å²) in [5.74, 6) is -1.08. The molecule has 0 radical (unpaired) electrons. The summed E-state index contributed by atoms with van der Waals surface area (Å²) >= 11 is 0. The van der Waals surface area contributed by atoms with E-state index in [1.165, 1.54) is 12.2 Å². The van der Waals surface area contributed by atoms with Crippen molar-refractivity contribution >= 4 is 36.0 Å². The maximum absolute atomic E-state index is 11.7. The van der Waals surface area contributed by atoms with Crippen LogP contribution in [-0.2, 0) is 14.4 Å². The van der Waals surface area contributed by atoms with E-state index in [4.69, 9.17) is 0 Å². The van der Waals surface area contributed by atoms with Crippen molar-refractivity contribution in [1.82, 2.24) is 0 Å². The van der Waals surface area contributed by atoms with Gasteiger partial charge in [0, 0.05) is 12.8 Å². The molecular formula is C15H17NO4P2. The van der Waals surface area contributed by atoms with Gasteiger partial charge in [-0.1, -0.05) is 24.3 Å². The molecule has 1 atom stereocenters. The number of aliphatic carboxylic acids is 1. The van der Waals surface area contributed by atoms with Crippen molar-refractivity contribution in [2.24, 2.45) is 9.93 Å². The van der Waals surface area contributed by atoms with Gasteiger partial charge in [-0.2, -0.15) is 0 Å². The number of carbonyl (C=O) groups is 3. The second-order valence-corrected chi connectivity index (χ2v) is 5.92. The highest BCUT2D eigenvalue weighted by atomic mass is 31.1. The molecule has 0 aromatic carbocycles. The lowest BCUT2D eigenvalue weighted by Gasteiger charge is -2.30. The lowest BCUT2D eigenvalue weighted by Crippen LogP contribution is -2.32. The Hall–Kier alpha value is -1.70. The van der Waals surface area contributed by atoms with E-state index in [0.29, 0.717) is 11.1 Å². The molecule has 0 aliphatic heterocycles. The van der Waals surface area contributed by atoms with Crippen LogP contribution in [0.3, 0.4) is 0 Å². The molecule has 5 nitrogen and oxygen atoms in total. The van der Waals surface area contributed by atoms with E-state index in [1.807, 2.05) is 0 Å². The first-order chi connectivity index (χ1) is 10.4. The van der Waals surface area contributed by atoms with E-state index >= 15 is 0 Å². The number of carboxylic acids is 1. The normalized spacial score (nSPS) is 17.2. The Morgan fingerprint density at radius 2 is 1.50 bits per heavy atom. The van der Waals surface area contributed by atoms with Crippen LogP contribution < -0.4 is 0 Å². The van der Waals surface area contributed by atoms with Gasteiger partial charge in [-0.15, -0.1) is 0 Å². The van der Waals surface area contributed by atoms with Crippen LogP contribution in [0.25, 0.3) is 0 Å². The molecule has 1 N–H and O–H groups in total. The molecule has 0 spiro atoms. The molecule has 116 valence electrons. The smallest absolute Gasteiger partial charge is 0.318 e. The quantitative estimate of drug-likeness (QED) is 0.802. The molecule has 0 aromatic rings. The third kappa shape index (κ3) is 4.16. The molecule has 2 aliphatic carbocycles. The summed E-state index contributed by atoms with van der Waals surface area (Å²) < 4.78 is 3.22. The zero-order valence-electron chi connectivity index (χ0n) is 12.1. The van der Waals surface area contributed by atoms with E-state index in [9.17, 15) is 19.5 Å². The summed E-state index contributed by atoms with van der Waals surface area (Å²) in [6.45, 7) is 1.59. The number of nitrogens with zero attached hydrogens (tertiary/aromatic N) is 1. The minimum absolute atomic E-state index is 0.0418. The molecule has 0 bridgehead atoms. The lowest BCUT2D eigenvalue weighted by atomic mass is 9.72. The van der Waals surface area contributed by atoms with Crippen molar-refractivity contribution in [3.8, 4) is 0 Å². The first-order valence-electron chi connectivity index (χ1n) is 6.49. The third-order valence-electron chi connectivity index (χ3n) is 3.53. The number of hydrogen-bond acceptors (Lipinski definition) is 4. The Morgan fingerprint density at radius 3 is 1.73 bits per heavy atom. The van der Waals surface area contributed by atoms with E-state index in [2.05, 4.69) is 22.9 Å². The Bertz CT molecular complexity index is 587. The fraction of sp³-hybridized carbons (Fsp3) is 0.267. The summed E-state index contributed by atoms with van der Waals surface area (Å²) in [7, 11) is 4.89. The first kappa shape index (κ1) is 18.3. The SMILES string of the molecule is CC(C(=O)O)(C1=CCC(=O)C=C1)C1=CCC(=O)C=C1.P=NP. The van der Waals surface area contributed by atoms with Gasteiger partial charge in [-0.3, -0.25) is 18.9 Å². The van der Waals surface area contributed by atoms with E-state index in [-0.39, 0.29) is 24.4 Å². The highest BCUT2D eigenvalue weighted by molar-refractivity contribution is 7.23. The van der Waals surface area contributed by atoms with E-state index in [1.54, 1.807) is 31.2 Å². The molecule has 7 heteroatoms. The monoisotopic (exact) mass is 337 g/mol. The van der Waals surface area contributed by atoms with Crippen molar-refractivity contribution in [3.63, 3.8) is 0 Å². The molecule has 0 saturated heterocycles. The molecule has 1 unspecified atom stereocenters. The number of allylic oxidation sites excluding steroid dienone is 6. The average molecular weight is 337 g/mol. The van der Waals surface area contributed by atoms with Crippen LogP contribution in [0.5, 0.6) is 0 Å². The second-order valence-electron chi connectivity index (χ2n) is 4.89. The van der Waals surface area contributed by atoms with Gasteiger partial charge < -0.3 is 5.11 Å². The summed E-state index contributed by atoms with van der Waals surface area (Å²) in [5.41, 5.74) is -0.0799. The van der Waals surface area contributed by atoms with Gasteiger partial charge in [-0.05, 0) is 48.6 Å². The predicted molar refractivity (Wildman–Crippen MR) is 89.9 cm³/mol. The van der Waals surface area contributed by atoms with Gasteiger partial charge in [-0.25, -0.2) is 0 Å². The van der Waals surface area contributed by atoms with Crippen molar-refractivity contribution in [2.45, 2.75) is 19.8 Å². The fourth-order valence-corrected chi connectivity index (χ4v) is 2.21. The molecular weight excluding hydrogens is 320 g/mol. The number of ketones is 2. The van der Waals surface area contributed by atoms with Crippen molar-refractivity contribution in [2.75, 3.05) is 0 Å².